The van der Waals surface area contributed by atoms with Crippen molar-refractivity contribution in [1.82, 2.24) is 4.90 Å². The van der Waals surface area contributed by atoms with Crippen molar-refractivity contribution in [2.24, 2.45) is 11.1 Å². The number of ether oxygens (including phenoxy) is 1. The van der Waals surface area contributed by atoms with E-state index in [4.69, 9.17) is 28.0 Å². The first-order chi connectivity index (χ1) is 12.0. The highest BCUT2D eigenvalue weighted by Gasteiger charge is 2.45. The zero-order chi connectivity index (χ0) is 18.0. The lowest BCUT2D eigenvalue weighted by molar-refractivity contribution is -0.145. The van der Waals surface area contributed by atoms with Crippen molar-refractivity contribution >= 4 is 35.4 Å². The van der Waals surface area contributed by atoms with Gasteiger partial charge in [-0.1, -0.05) is 34.4 Å². The Labute approximate surface area is 157 Å². The Morgan fingerprint density at radius 3 is 2.88 bits per heavy atom. The maximum absolute atomic E-state index is 11.1. The molecule has 7 heteroatoms. The molecule has 136 valence electrons. The molecule has 2 aliphatic heterocycles. The molecule has 4 atom stereocenters. The van der Waals surface area contributed by atoms with Gasteiger partial charge >= 0.3 is 5.97 Å². The zero-order valence-corrected chi connectivity index (χ0v) is 15.8. The molecule has 1 unspecified atom stereocenters. The maximum atomic E-state index is 11.1. The van der Waals surface area contributed by atoms with Crippen molar-refractivity contribution in [2.45, 2.75) is 37.3 Å². The van der Waals surface area contributed by atoms with Crippen molar-refractivity contribution in [2.75, 3.05) is 20.8 Å². The third kappa shape index (κ3) is 3.94. The summed E-state index contributed by atoms with van der Waals surface area (Å²) in [5, 5.41) is 5.17. The van der Waals surface area contributed by atoms with Crippen LogP contribution in [0.15, 0.2) is 23.4 Å². The van der Waals surface area contributed by atoms with E-state index in [9.17, 15) is 4.79 Å². The van der Waals surface area contributed by atoms with E-state index < -0.39 is 5.97 Å². The van der Waals surface area contributed by atoms with Crippen LogP contribution in [0.3, 0.4) is 0 Å². The Morgan fingerprint density at radius 1 is 1.36 bits per heavy atom. The lowest BCUT2D eigenvalue weighted by Crippen LogP contribution is -2.46. The number of hydrogen-bond acceptors (Lipinski definition) is 5. The average molecular weight is 385 g/mol. The highest BCUT2D eigenvalue weighted by atomic mass is 35.5. The number of halogens is 2. The summed E-state index contributed by atoms with van der Waals surface area (Å²) in [4.78, 5) is 18.7. The fourth-order valence-electron chi connectivity index (χ4n) is 4.07. The number of oxime groups is 1. The number of carbonyl (C=O) groups excluding carboxylic acids is 1. The minimum absolute atomic E-state index is 0.180. The second kappa shape index (κ2) is 7.94. The van der Waals surface area contributed by atoms with Gasteiger partial charge in [-0.05, 0) is 49.9 Å². The Hall–Kier alpha value is -1.30. The Bertz CT molecular complexity index is 668. The summed E-state index contributed by atoms with van der Waals surface area (Å²) in [5.74, 6) is 0.0486. The number of fused-ring (bicyclic) bond motifs is 2. The van der Waals surface area contributed by atoms with Crippen molar-refractivity contribution in [3.63, 3.8) is 0 Å². The molecule has 0 aliphatic carbocycles. The quantitative estimate of drug-likeness (QED) is 0.440. The van der Waals surface area contributed by atoms with Crippen LogP contribution in [0.5, 0.6) is 0 Å². The molecule has 3 rings (SSSR count). The van der Waals surface area contributed by atoms with Crippen LogP contribution >= 0.6 is 23.2 Å². The van der Waals surface area contributed by atoms with Gasteiger partial charge in [0.2, 0.25) is 6.61 Å². The third-order valence-electron chi connectivity index (χ3n) is 5.42. The summed E-state index contributed by atoms with van der Waals surface area (Å²) in [6.45, 7) is -0.180. The molecule has 2 heterocycles. The highest BCUT2D eigenvalue weighted by molar-refractivity contribution is 6.42. The minimum atomic E-state index is -0.445. The van der Waals surface area contributed by atoms with Gasteiger partial charge in [0.25, 0.3) is 0 Å². The molecule has 2 bridgehead atoms. The number of nitrogens with zero attached hydrogens (tertiary/aromatic N) is 2. The van der Waals surface area contributed by atoms with Crippen LogP contribution in [0.2, 0.25) is 10.0 Å². The average Bonchev–Trinajstić information content (AvgIpc) is 2.85. The first kappa shape index (κ1) is 18.5. The molecular weight excluding hydrogens is 363 g/mol. The summed E-state index contributed by atoms with van der Waals surface area (Å²) in [7, 11) is 3.49. The van der Waals surface area contributed by atoms with E-state index in [1.165, 1.54) is 19.1 Å². The van der Waals surface area contributed by atoms with E-state index in [-0.39, 0.29) is 12.5 Å². The smallest absolute Gasteiger partial charge is 0.346 e. The van der Waals surface area contributed by atoms with Gasteiger partial charge in [-0.25, -0.2) is 4.79 Å². The molecule has 5 nitrogen and oxygen atoms in total. The second-order valence-corrected chi connectivity index (χ2v) is 7.48. The number of piperidine rings is 1. The summed E-state index contributed by atoms with van der Waals surface area (Å²) in [6.07, 6.45) is 5.19. The summed E-state index contributed by atoms with van der Waals surface area (Å²) in [5.41, 5.74) is 1.17. The van der Waals surface area contributed by atoms with E-state index in [1.807, 2.05) is 24.4 Å². The summed E-state index contributed by atoms with van der Waals surface area (Å²) in [6, 6.07) is 6.82. The Morgan fingerprint density at radius 2 is 2.16 bits per heavy atom. The van der Waals surface area contributed by atoms with Crippen LogP contribution in [-0.2, 0) is 14.4 Å². The maximum Gasteiger partial charge on any atom is 0.346 e. The molecule has 1 aromatic rings. The van der Waals surface area contributed by atoms with Crippen LogP contribution in [0, 0.1) is 5.92 Å². The van der Waals surface area contributed by atoms with E-state index in [0.717, 1.165) is 12.8 Å². The molecule has 0 saturated carbocycles. The number of esters is 1. The molecule has 0 amide bonds. The molecule has 2 aliphatic rings. The van der Waals surface area contributed by atoms with E-state index >= 15 is 0 Å². The standard InChI is InChI=1S/C18H22Cl2N2O3/c1-22-12-4-6-17(22)14(9-21-25-10-18(23)24-2)13(8-12)11-3-5-15(19)16(20)7-11/h3,5,7,9,12-14,17H,4,6,8,10H2,1-2H3/b21-9+/t12?,13-,14-,17-/m1/s1. The van der Waals surface area contributed by atoms with Gasteiger partial charge in [-0.2, -0.15) is 0 Å². The van der Waals surface area contributed by atoms with Crippen LogP contribution in [-0.4, -0.2) is 49.9 Å². The predicted molar refractivity (Wildman–Crippen MR) is 98.3 cm³/mol. The number of rotatable bonds is 5. The topological polar surface area (TPSA) is 51.1 Å². The van der Waals surface area contributed by atoms with Crippen LogP contribution < -0.4 is 0 Å². The molecule has 2 saturated heterocycles. The van der Waals surface area contributed by atoms with E-state index in [0.29, 0.717) is 28.0 Å². The van der Waals surface area contributed by atoms with Gasteiger partial charge < -0.3 is 9.57 Å². The Kier molecular flexibility index (Phi) is 5.87. The number of methoxy groups -OCH3 is 1. The van der Waals surface area contributed by atoms with Gasteiger partial charge in [0.05, 0.1) is 17.2 Å². The van der Waals surface area contributed by atoms with Crippen molar-refractivity contribution in [1.29, 1.82) is 0 Å². The number of benzene rings is 1. The zero-order valence-electron chi connectivity index (χ0n) is 14.3. The van der Waals surface area contributed by atoms with E-state index in [2.05, 4.69) is 21.8 Å². The van der Waals surface area contributed by atoms with Crippen molar-refractivity contribution < 1.29 is 14.4 Å². The van der Waals surface area contributed by atoms with Gasteiger partial charge in [-0.15, -0.1) is 0 Å². The predicted octanol–water partition coefficient (Wildman–Crippen LogP) is 3.74. The molecule has 25 heavy (non-hydrogen) atoms. The monoisotopic (exact) mass is 384 g/mol. The molecule has 0 aromatic heterocycles. The van der Waals surface area contributed by atoms with Crippen molar-refractivity contribution in [3.05, 3.63) is 33.8 Å². The molecular formula is C18H22Cl2N2O3. The van der Waals surface area contributed by atoms with Gasteiger partial charge in [0.1, 0.15) is 0 Å². The lowest BCUT2D eigenvalue weighted by Gasteiger charge is -2.41. The van der Waals surface area contributed by atoms with Gasteiger partial charge in [0, 0.05) is 24.2 Å². The molecule has 1 aromatic carbocycles. The largest absolute Gasteiger partial charge is 0.466 e. The van der Waals surface area contributed by atoms with E-state index in [1.54, 1.807) is 0 Å². The molecule has 0 spiro atoms. The molecule has 2 fully saturated rings. The normalized spacial score (nSPS) is 29.1. The fourth-order valence-corrected chi connectivity index (χ4v) is 4.38. The van der Waals surface area contributed by atoms with Crippen LogP contribution in [0.4, 0.5) is 0 Å². The third-order valence-corrected chi connectivity index (χ3v) is 6.16. The Balaban J connectivity index is 1.80. The van der Waals surface area contributed by atoms with Gasteiger partial charge in [0.15, 0.2) is 0 Å². The fraction of sp³-hybridized carbons (Fsp3) is 0.556. The van der Waals surface area contributed by atoms with Crippen LogP contribution in [0.25, 0.3) is 0 Å². The highest BCUT2D eigenvalue weighted by Crippen LogP contribution is 2.46. The van der Waals surface area contributed by atoms with Crippen molar-refractivity contribution in [3.8, 4) is 0 Å². The summed E-state index contributed by atoms with van der Waals surface area (Å²) >= 11 is 12.3. The first-order valence-electron chi connectivity index (χ1n) is 8.40. The molecule has 0 radical (unpaired) electrons. The van der Waals surface area contributed by atoms with Gasteiger partial charge in [-0.3, -0.25) is 4.90 Å². The molecule has 0 N–H and O–H groups in total. The second-order valence-electron chi connectivity index (χ2n) is 6.66. The van der Waals surface area contributed by atoms with Crippen LogP contribution in [0.1, 0.15) is 30.7 Å². The lowest BCUT2D eigenvalue weighted by atomic mass is 9.77. The summed E-state index contributed by atoms with van der Waals surface area (Å²) < 4.78 is 4.55. The SMILES string of the molecule is COC(=O)CO/N=C/[C@@H]1[C@@H](c2ccc(Cl)c(Cl)c2)CC2CC[C@H]1N2C. The minimum Gasteiger partial charge on any atom is -0.466 e. The first-order valence-corrected chi connectivity index (χ1v) is 9.16. The number of hydrogen-bond donors (Lipinski definition) is 0. The number of carbonyl (C=O) groups is 1.